The van der Waals surface area contributed by atoms with Crippen LogP contribution in [0.1, 0.15) is 18.4 Å². The van der Waals surface area contributed by atoms with Crippen molar-refractivity contribution >= 4 is 11.4 Å². The summed E-state index contributed by atoms with van der Waals surface area (Å²) in [5, 5.41) is 19.9. The van der Waals surface area contributed by atoms with E-state index < -0.39 is 4.92 Å². The van der Waals surface area contributed by atoms with Crippen molar-refractivity contribution in [1.29, 1.82) is 5.26 Å². The molecule has 1 aromatic rings. The van der Waals surface area contributed by atoms with Gasteiger partial charge in [-0.3, -0.25) is 10.1 Å². The van der Waals surface area contributed by atoms with Gasteiger partial charge in [-0.15, -0.1) is 0 Å². The Morgan fingerprint density at radius 1 is 1.50 bits per heavy atom. The Bertz CT molecular complexity index is 531. The van der Waals surface area contributed by atoms with E-state index in [4.69, 9.17) is 4.74 Å². The largest absolute Gasteiger partial charge is 0.384 e. The predicted octanol–water partition coefficient (Wildman–Crippen LogP) is 2.33. The maximum atomic E-state index is 10.7. The Morgan fingerprint density at radius 2 is 2.20 bits per heavy atom. The number of anilines is 1. The van der Waals surface area contributed by atoms with Gasteiger partial charge in [0.2, 0.25) is 0 Å². The molecule has 0 bridgehead atoms. The maximum Gasteiger partial charge on any atom is 0.270 e. The summed E-state index contributed by atoms with van der Waals surface area (Å²) >= 11 is 0. The summed E-state index contributed by atoms with van der Waals surface area (Å²) in [6.45, 7) is 2.46. The molecule has 20 heavy (non-hydrogen) atoms. The predicted molar refractivity (Wildman–Crippen MR) is 74.6 cm³/mol. The second-order valence-corrected chi connectivity index (χ2v) is 4.96. The third-order valence-corrected chi connectivity index (χ3v) is 3.67. The van der Waals surface area contributed by atoms with Gasteiger partial charge in [0.1, 0.15) is 6.07 Å². The first kappa shape index (κ1) is 14.3. The van der Waals surface area contributed by atoms with Crippen LogP contribution in [0.4, 0.5) is 11.4 Å². The van der Waals surface area contributed by atoms with Crippen molar-refractivity contribution in [2.75, 3.05) is 31.7 Å². The lowest BCUT2D eigenvalue weighted by Crippen LogP contribution is -2.35. The van der Waals surface area contributed by atoms with Crippen molar-refractivity contribution in [2.24, 2.45) is 5.92 Å². The monoisotopic (exact) mass is 275 g/mol. The third kappa shape index (κ3) is 3.06. The van der Waals surface area contributed by atoms with Gasteiger partial charge in [-0.05, 0) is 24.8 Å². The fourth-order valence-corrected chi connectivity index (χ4v) is 2.58. The van der Waals surface area contributed by atoms with E-state index in [1.54, 1.807) is 13.2 Å². The van der Waals surface area contributed by atoms with Crippen molar-refractivity contribution in [3.8, 4) is 6.07 Å². The van der Waals surface area contributed by atoms with Crippen LogP contribution in [0, 0.1) is 27.4 Å². The van der Waals surface area contributed by atoms with E-state index >= 15 is 0 Å². The number of hydrogen-bond acceptors (Lipinski definition) is 5. The van der Waals surface area contributed by atoms with Gasteiger partial charge in [0.15, 0.2) is 0 Å². The van der Waals surface area contributed by atoms with E-state index in [0.29, 0.717) is 11.5 Å². The second kappa shape index (κ2) is 6.35. The van der Waals surface area contributed by atoms with E-state index in [1.807, 2.05) is 0 Å². The minimum Gasteiger partial charge on any atom is -0.384 e. The number of nitrogens with zero attached hydrogens (tertiary/aromatic N) is 3. The molecule has 0 atom stereocenters. The van der Waals surface area contributed by atoms with E-state index in [0.717, 1.165) is 38.2 Å². The molecule has 1 aromatic carbocycles. The van der Waals surface area contributed by atoms with Crippen LogP contribution in [0.5, 0.6) is 0 Å². The Balaban J connectivity index is 2.14. The van der Waals surface area contributed by atoms with Crippen molar-refractivity contribution in [3.05, 3.63) is 33.9 Å². The van der Waals surface area contributed by atoms with Crippen LogP contribution in [-0.2, 0) is 4.74 Å². The smallest absolute Gasteiger partial charge is 0.270 e. The molecule has 6 nitrogen and oxygen atoms in total. The molecule has 1 saturated heterocycles. The fraction of sp³-hybridized carbons (Fsp3) is 0.500. The van der Waals surface area contributed by atoms with Crippen molar-refractivity contribution in [1.82, 2.24) is 0 Å². The number of nitriles is 1. The first-order valence-corrected chi connectivity index (χ1v) is 6.58. The molecule has 1 heterocycles. The van der Waals surface area contributed by atoms with Crippen LogP contribution in [0.3, 0.4) is 0 Å². The maximum absolute atomic E-state index is 10.7. The van der Waals surface area contributed by atoms with Gasteiger partial charge in [-0.25, -0.2) is 0 Å². The molecule has 0 aromatic heterocycles. The van der Waals surface area contributed by atoms with Crippen LogP contribution in [-0.4, -0.2) is 31.7 Å². The normalized spacial score (nSPS) is 15.9. The molecule has 2 rings (SSSR count). The number of piperidine rings is 1. The summed E-state index contributed by atoms with van der Waals surface area (Å²) in [6.07, 6.45) is 2.02. The molecule has 0 radical (unpaired) electrons. The highest BCUT2D eigenvalue weighted by Crippen LogP contribution is 2.28. The molecule has 106 valence electrons. The lowest BCUT2D eigenvalue weighted by Gasteiger charge is -2.33. The van der Waals surface area contributed by atoms with Gasteiger partial charge in [-0.2, -0.15) is 5.26 Å². The fourth-order valence-electron chi connectivity index (χ4n) is 2.58. The third-order valence-electron chi connectivity index (χ3n) is 3.67. The minimum atomic E-state index is -0.477. The summed E-state index contributed by atoms with van der Waals surface area (Å²) in [4.78, 5) is 12.4. The molecule has 1 aliphatic rings. The quantitative estimate of drug-likeness (QED) is 0.622. The first-order chi connectivity index (χ1) is 9.65. The summed E-state index contributed by atoms with van der Waals surface area (Å²) in [7, 11) is 1.70. The Kier molecular flexibility index (Phi) is 4.53. The molecule has 0 unspecified atom stereocenters. The van der Waals surface area contributed by atoms with E-state index in [-0.39, 0.29) is 5.69 Å². The molecule has 6 heteroatoms. The van der Waals surface area contributed by atoms with Gasteiger partial charge in [-0.1, -0.05) is 0 Å². The first-order valence-electron chi connectivity index (χ1n) is 6.58. The van der Waals surface area contributed by atoms with Gasteiger partial charge in [0.05, 0.1) is 16.2 Å². The van der Waals surface area contributed by atoms with Gasteiger partial charge in [0, 0.05) is 38.9 Å². The number of methoxy groups -OCH3 is 1. The number of nitro benzene ring substituents is 1. The number of non-ortho nitro benzene ring substituents is 1. The lowest BCUT2D eigenvalue weighted by molar-refractivity contribution is -0.384. The lowest BCUT2D eigenvalue weighted by atomic mass is 9.97. The van der Waals surface area contributed by atoms with Gasteiger partial charge in [0.25, 0.3) is 5.69 Å². The Morgan fingerprint density at radius 3 is 2.75 bits per heavy atom. The molecular formula is C14H17N3O3. The summed E-state index contributed by atoms with van der Waals surface area (Å²) in [6, 6.07) is 6.53. The summed E-state index contributed by atoms with van der Waals surface area (Å²) < 4.78 is 5.16. The Labute approximate surface area is 117 Å². The number of rotatable bonds is 4. The van der Waals surface area contributed by atoms with Crippen molar-refractivity contribution in [3.63, 3.8) is 0 Å². The van der Waals surface area contributed by atoms with Gasteiger partial charge < -0.3 is 9.64 Å². The number of nitro groups is 1. The molecule has 0 amide bonds. The molecule has 1 fully saturated rings. The highest BCUT2D eigenvalue weighted by atomic mass is 16.6. The highest BCUT2D eigenvalue weighted by Gasteiger charge is 2.22. The van der Waals surface area contributed by atoms with Crippen LogP contribution >= 0.6 is 0 Å². The average Bonchev–Trinajstić information content (AvgIpc) is 2.47. The van der Waals surface area contributed by atoms with Crippen molar-refractivity contribution < 1.29 is 9.66 Å². The van der Waals surface area contributed by atoms with Gasteiger partial charge >= 0.3 is 0 Å². The molecule has 0 spiro atoms. The van der Waals surface area contributed by atoms with Crippen LogP contribution in [0.25, 0.3) is 0 Å². The summed E-state index contributed by atoms with van der Waals surface area (Å²) in [5.41, 5.74) is 1.11. The topological polar surface area (TPSA) is 79.4 Å². The van der Waals surface area contributed by atoms with E-state index in [2.05, 4.69) is 11.0 Å². The zero-order valence-electron chi connectivity index (χ0n) is 11.4. The van der Waals surface area contributed by atoms with E-state index in [1.165, 1.54) is 12.1 Å². The zero-order valence-corrected chi connectivity index (χ0v) is 11.4. The standard InChI is InChI=1S/C14H17N3O3/c1-20-10-11-4-6-16(7-5-11)14-3-2-13(17(18)19)8-12(14)9-15/h2-3,8,11H,4-7,10H2,1H3. The second-order valence-electron chi connectivity index (χ2n) is 4.96. The highest BCUT2D eigenvalue weighted by molar-refractivity contribution is 5.63. The number of ether oxygens (including phenoxy) is 1. The zero-order chi connectivity index (χ0) is 14.5. The molecule has 0 saturated carbocycles. The average molecular weight is 275 g/mol. The molecule has 1 aliphatic heterocycles. The summed E-state index contributed by atoms with van der Waals surface area (Å²) in [5.74, 6) is 0.555. The number of hydrogen-bond donors (Lipinski definition) is 0. The Hall–Kier alpha value is -2.13. The van der Waals surface area contributed by atoms with Crippen LogP contribution in [0.2, 0.25) is 0 Å². The SMILES string of the molecule is COCC1CCN(c2ccc([N+](=O)[O-])cc2C#N)CC1. The molecular weight excluding hydrogens is 258 g/mol. The molecule has 0 aliphatic carbocycles. The minimum absolute atomic E-state index is 0.0421. The van der Waals surface area contributed by atoms with E-state index in [9.17, 15) is 15.4 Å². The number of benzene rings is 1. The van der Waals surface area contributed by atoms with Crippen molar-refractivity contribution in [2.45, 2.75) is 12.8 Å². The van der Waals surface area contributed by atoms with Crippen LogP contribution in [0.15, 0.2) is 18.2 Å². The van der Waals surface area contributed by atoms with Crippen LogP contribution < -0.4 is 4.90 Å². The molecule has 0 N–H and O–H groups in total.